The van der Waals surface area contributed by atoms with Crippen molar-refractivity contribution in [3.05, 3.63) is 77.1 Å². The number of Topliss-reactive ketones (excluding diaryl/α,β-unsaturated/α-hetero) is 1. The van der Waals surface area contributed by atoms with Crippen LogP contribution in [0.2, 0.25) is 0 Å². The van der Waals surface area contributed by atoms with Crippen molar-refractivity contribution < 1.29 is 14.3 Å². The monoisotopic (exact) mass is 414 g/mol. The predicted octanol–water partition coefficient (Wildman–Crippen LogP) is 4.50. The lowest BCUT2D eigenvalue weighted by molar-refractivity contribution is 0.101. The summed E-state index contributed by atoms with van der Waals surface area (Å²) in [7, 11) is 1.62. The molecular weight excluding hydrogens is 392 g/mol. The first kappa shape index (κ1) is 20.3. The molecule has 0 saturated heterocycles. The summed E-state index contributed by atoms with van der Waals surface area (Å²) in [5, 5.41) is 8.21. The number of nitrogens with one attached hydrogen (secondary N) is 1. The predicted molar refractivity (Wildman–Crippen MR) is 119 cm³/mol. The van der Waals surface area contributed by atoms with Crippen LogP contribution in [0, 0.1) is 13.8 Å². The normalized spacial score (nSPS) is 10.8. The van der Waals surface area contributed by atoms with E-state index in [9.17, 15) is 9.59 Å². The Labute approximate surface area is 179 Å². The molecule has 156 valence electrons. The highest BCUT2D eigenvalue weighted by molar-refractivity contribution is 6.13. The summed E-state index contributed by atoms with van der Waals surface area (Å²) in [6.45, 7) is 5.19. The number of ketones is 1. The highest BCUT2D eigenvalue weighted by Crippen LogP contribution is 2.26. The van der Waals surface area contributed by atoms with Crippen LogP contribution in [0.25, 0.3) is 16.7 Å². The number of anilines is 1. The molecule has 0 unspecified atom stereocenters. The van der Waals surface area contributed by atoms with Crippen molar-refractivity contribution in [2.24, 2.45) is 0 Å². The molecule has 0 radical (unpaired) electrons. The molecule has 2 heterocycles. The molecule has 0 aliphatic rings. The summed E-state index contributed by atoms with van der Waals surface area (Å²) in [4.78, 5) is 29.5. The zero-order valence-electron chi connectivity index (χ0n) is 17.8. The highest BCUT2D eigenvalue weighted by atomic mass is 16.5. The van der Waals surface area contributed by atoms with Gasteiger partial charge in [0, 0.05) is 16.9 Å². The SMILES string of the molecule is COc1ccc(-n2nc(C)c3c(C(=O)Nc4cccc(C(C)=O)c4)cc(C)nc32)cc1. The minimum Gasteiger partial charge on any atom is -0.497 e. The van der Waals surface area contributed by atoms with Crippen LogP contribution < -0.4 is 10.1 Å². The first-order valence-electron chi connectivity index (χ1n) is 9.81. The van der Waals surface area contributed by atoms with E-state index in [0.717, 1.165) is 11.4 Å². The molecule has 1 N–H and O–H groups in total. The molecule has 31 heavy (non-hydrogen) atoms. The topological polar surface area (TPSA) is 86.1 Å². The molecule has 0 aliphatic heterocycles. The second-order valence-electron chi connectivity index (χ2n) is 7.30. The molecular formula is C24H22N4O3. The number of aromatic nitrogens is 3. The largest absolute Gasteiger partial charge is 0.497 e. The van der Waals surface area contributed by atoms with Crippen molar-refractivity contribution in [1.82, 2.24) is 14.8 Å². The van der Waals surface area contributed by atoms with Crippen LogP contribution in [-0.2, 0) is 0 Å². The first-order valence-corrected chi connectivity index (χ1v) is 9.81. The zero-order chi connectivity index (χ0) is 22.1. The van der Waals surface area contributed by atoms with E-state index < -0.39 is 0 Å². The molecule has 0 saturated carbocycles. The smallest absolute Gasteiger partial charge is 0.256 e. The fourth-order valence-electron chi connectivity index (χ4n) is 3.51. The van der Waals surface area contributed by atoms with Gasteiger partial charge < -0.3 is 10.1 Å². The second kappa shape index (κ2) is 8.02. The van der Waals surface area contributed by atoms with Crippen molar-refractivity contribution >= 4 is 28.4 Å². The third-order valence-corrected chi connectivity index (χ3v) is 5.03. The van der Waals surface area contributed by atoms with Crippen molar-refractivity contribution in [3.63, 3.8) is 0 Å². The quantitative estimate of drug-likeness (QED) is 0.486. The van der Waals surface area contributed by atoms with Gasteiger partial charge in [-0.25, -0.2) is 9.67 Å². The van der Waals surface area contributed by atoms with E-state index in [0.29, 0.717) is 39.2 Å². The molecule has 4 rings (SSSR count). The van der Waals surface area contributed by atoms with Crippen molar-refractivity contribution in [1.29, 1.82) is 0 Å². The number of carbonyl (C=O) groups excluding carboxylic acids is 2. The van der Waals surface area contributed by atoms with E-state index >= 15 is 0 Å². The lowest BCUT2D eigenvalue weighted by atomic mass is 10.1. The number of methoxy groups -OCH3 is 1. The summed E-state index contributed by atoms with van der Waals surface area (Å²) in [5.74, 6) is 0.400. The van der Waals surface area contributed by atoms with Crippen LogP contribution in [0.15, 0.2) is 54.6 Å². The fourth-order valence-corrected chi connectivity index (χ4v) is 3.51. The average molecular weight is 414 g/mol. The minimum absolute atomic E-state index is 0.0603. The van der Waals surface area contributed by atoms with Crippen LogP contribution in [0.3, 0.4) is 0 Å². The van der Waals surface area contributed by atoms with Crippen LogP contribution in [0.1, 0.15) is 39.0 Å². The number of benzene rings is 2. The number of rotatable bonds is 5. The third kappa shape index (κ3) is 3.90. The van der Waals surface area contributed by atoms with E-state index in [4.69, 9.17) is 4.74 Å². The summed E-state index contributed by atoms with van der Waals surface area (Å²) < 4.78 is 6.95. The number of hydrogen-bond acceptors (Lipinski definition) is 5. The van der Waals surface area contributed by atoms with E-state index in [2.05, 4.69) is 15.4 Å². The van der Waals surface area contributed by atoms with Crippen LogP contribution in [0.4, 0.5) is 5.69 Å². The molecule has 0 atom stereocenters. The lowest BCUT2D eigenvalue weighted by Crippen LogP contribution is -2.14. The zero-order valence-corrected chi connectivity index (χ0v) is 17.8. The van der Waals surface area contributed by atoms with E-state index in [-0.39, 0.29) is 11.7 Å². The Morgan fingerprint density at radius 2 is 1.77 bits per heavy atom. The lowest BCUT2D eigenvalue weighted by Gasteiger charge is -2.09. The molecule has 0 spiro atoms. The molecule has 0 fully saturated rings. The van der Waals surface area contributed by atoms with Gasteiger partial charge in [-0.05, 0) is 63.2 Å². The number of pyridine rings is 1. The van der Waals surface area contributed by atoms with Gasteiger partial charge in [-0.15, -0.1) is 0 Å². The van der Waals surface area contributed by atoms with Gasteiger partial charge in [0.1, 0.15) is 5.75 Å². The maximum Gasteiger partial charge on any atom is 0.256 e. The number of carbonyl (C=O) groups is 2. The number of aryl methyl sites for hydroxylation is 2. The number of amides is 1. The van der Waals surface area contributed by atoms with Gasteiger partial charge >= 0.3 is 0 Å². The average Bonchev–Trinajstić information content (AvgIpc) is 3.09. The van der Waals surface area contributed by atoms with E-state index in [1.807, 2.05) is 38.1 Å². The van der Waals surface area contributed by atoms with Crippen LogP contribution >= 0.6 is 0 Å². The fraction of sp³-hybridized carbons (Fsp3) is 0.167. The van der Waals surface area contributed by atoms with Gasteiger partial charge in [-0.2, -0.15) is 5.10 Å². The maximum atomic E-state index is 13.2. The summed E-state index contributed by atoms with van der Waals surface area (Å²) in [6.07, 6.45) is 0. The summed E-state index contributed by atoms with van der Waals surface area (Å²) >= 11 is 0. The van der Waals surface area contributed by atoms with Gasteiger partial charge in [-0.3, -0.25) is 9.59 Å². The van der Waals surface area contributed by atoms with E-state index in [1.165, 1.54) is 6.92 Å². The molecule has 2 aromatic heterocycles. The van der Waals surface area contributed by atoms with Gasteiger partial charge in [0.05, 0.1) is 29.4 Å². The second-order valence-corrected chi connectivity index (χ2v) is 7.30. The third-order valence-electron chi connectivity index (χ3n) is 5.03. The van der Waals surface area contributed by atoms with Gasteiger partial charge in [-0.1, -0.05) is 12.1 Å². The number of nitrogens with zero attached hydrogens (tertiary/aromatic N) is 3. The Kier molecular flexibility index (Phi) is 5.25. The Bertz CT molecular complexity index is 1310. The summed E-state index contributed by atoms with van der Waals surface area (Å²) in [5.41, 5.74) is 4.39. The molecule has 2 aromatic carbocycles. The highest BCUT2D eigenvalue weighted by Gasteiger charge is 2.20. The van der Waals surface area contributed by atoms with Crippen LogP contribution in [-0.4, -0.2) is 33.6 Å². The molecule has 7 nitrogen and oxygen atoms in total. The summed E-state index contributed by atoms with van der Waals surface area (Å²) in [6, 6.07) is 16.1. The first-order chi connectivity index (χ1) is 14.9. The Morgan fingerprint density at radius 3 is 2.45 bits per heavy atom. The molecule has 0 bridgehead atoms. The molecule has 7 heteroatoms. The maximum absolute atomic E-state index is 13.2. The Morgan fingerprint density at radius 1 is 1.03 bits per heavy atom. The van der Waals surface area contributed by atoms with Crippen molar-refractivity contribution in [2.75, 3.05) is 12.4 Å². The van der Waals surface area contributed by atoms with Gasteiger partial charge in [0.2, 0.25) is 0 Å². The van der Waals surface area contributed by atoms with Crippen molar-refractivity contribution in [3.8, 4) is 11.4 Å². The van der Waals surface area contributed by atoms with Gasteiger partial charge in [0.15, 0.2) is 11.4 Å². The van der Waals surface area contributed by atoms with Crippen LogP contribution in [0.5, 0.6) is 5.75 Å². The minimum atomic E-state index is -0.284. The number of hydrogen-bond donors (Lipinski definition) is 1. The number of ether oxygens (including phenoxy) is 1. The standard InChI is InChI=1S/C24H22N4O3/c1-14-12-21(24(30)26-18-7-5-6-17(13-18)16(3)29)22-15(2)27-28(23(22)25-14)19-8-10-20(31-4)11-9-19/h5-13H,1-4H3,(H,26,30). The van der Waals surface area contributed by atoms with Gasteiger partial charge in [0.25, 0.3) is 5.91 Å². The Hall–Kier alpha value is -4.00. The Balaban J connectivity index is 1.78. The van der Waals surface area contributed by atoms with E-state index in [1.54, 1.807) is 42.1 Å². The van der Waals surface area contributed by atoms with Crippen molar-refractivity contribution in [2.45, 2.75) is 20.8 Å². The molecule has 1 amide bonds. The molecule has 4 aromatic rings. The number of fused-ring (bicyclic) bond motifs is 1. The molecule has 0 aliphatic carbocycles.